The van der Waals surface area contributed by atoms with Crippen molar-refractivity contribution in [3.05, 3.63) is 0 Å². The van der Waals surface area contributed by atoms with Gasteiger partial charge >= 0.3 is 6.18 Å². The molecule has 0 spiro atoms. The van der Waals surface area contributed by atoms with Crippen LogP contribution in [0.2, 0.25) is 0 Å². The van der Waals surface area contributed by atoms with E-state index in [9.17, 15) is 13.2 Å². The highest BCUT2D eigenvalue weighted by Gasteiger charge is 2.27. The normalized spacial score (nSPS) is 12.4. The van der Waals surface area contributed by atoms with Gasteiger partial charge in [-0.05, 0) is 33.6 Å². The van der Waals surface area contributed by atoms with Gasteiger partial charge in [0.1, 0.15) is 6.61 Å². The molecular formula is C9H19F3N2O. The predicted octanol–water partition coefficient (Wildman–Crippen LogP) is 1.11. The van der Waals surface area contributed by atoms with E-state index < -0.39 is 12.8 Å². The topological polar surface area (TPSA) is 24.5 Å². The minimum Gasteiger partial charge on any atom is -0.371 e. The Morgan fingerprint density at radius 3 is 2.47 bits per heavy atom. The second-order valence-electron chi connectivity index (χ2n) is 3.43. The molecular weight excluding hydrogens is 209 g/mol. The molecule has 0 radical (unpaired) electrons. The summed E-state index contributed by atoms with van der Waals surface area (Å²) in [6.07, 6.45) is -3.24. The lowest BCUT2D eigenvalue weighted by molar-refractivity contribution is -0.174. The standard InChI is InChI=1S/C9H19F3N2O/c1-13-4-3-5-14(2)6-7-15-8-9(10,11)12/h13H,3-8H2,1-2H3. The molecule has 0 amide bonds. The summed E-state index contributed by atoms with van der Waals surface area (Å²) in [6.45, 7) is 1.26. The van der Waals surface area contributed by atoms with E-state index in [2.05, 4.69) is 10.1 Å². The van der Waals surface area contributed by atoms with Crippen LogP contribution in [-0.4, -0.2) is 58.0 Å². The van der Waals surface area contributed by atoms with Crippen LogP contribution < -0.4 is 5.32 Å². The summed E-state index contributed by atoms with van der Waals surface area (Å²) in [5.74, 6) is 0. The van der Waals surface area contributed by atoms with Gasteiger partial charge in [-0.2, -0.15) is 13.2 Å². The van der Waals surface area contributed by atoms with Gasteiger partial charge in [0.05, 0.1) is 6.61 Å². The van der Waals surface area contributed by atoms with Crippen LogP contribution in [0.1, 0.15) is 6.42 Å². The van der Waals surface area contributed by atoms with Crippen molar-refractivity contribution in [2.45, 2.75) is 12.6 Å². The maximum atomic E-state index is 11.7. The third-order valence-electron chi connectivity index (χ3n) is 1.85. The van der Waals surface area contributed by atoms with Crippen LogP contribution in [0.15, 0.2) is 0 Å². The number of rotatable bonds is 8. The second-order valence-corrected chi connectivity index (χ2v) is 3.43. The monoisotopic (exact) mass is 228 g/mol. The van der Waals surface area contributed by atoms with Crippen molar-refractivity contribution >= 4 is 0 Å². The van der Waals surface area contributed by atoms with E-state index in [-0.39, 0.29) is 6.61 Å². The zero-order valence-corrected chi connectivity index (χ0v) is 9.23. The molecule has 6 heteroatoms. The lowest BCUT2D eigenvalue weighted by Crippen LogP contribution is -2.28. The smallest absolute Gasteiger partial charge is 0.371 e. The first-order chi connectivity index (χ1) is 6.95. The Kier molecular flexibility index (Phi) is 7.72. The Morgan fingerprint density at radius 2 is 1.93 bits per heavy atom. The Balaban J connectivity index is 3.27. The number of likely N-dealkylation sites (N-methyl/N-ethyl adjacent to an activating group) is 1. The molecule has 0 aliphatic rings. The van der Waals surface area contributed by atoms with Gasteiger partial charge in [-0.3, -0.25) is 0 Å². The summed E-state index contributed by atoms with van der Waals surface area (Å²) in [7, 11) is 3.74. The highest BCUT2D eigenvalue weighted by atomic mass is 19.4. The van der Waals surface area contributed by atoms with E-state index in [1.165, 1.54) is 0 Å². The molecule has 0 saturated carbocycles. The lowest BCUT2D eigenvalue weighted by Gasteiger charge is -2.16. The van der Waals surface area contributed by atoms with Crippen LogP contribution >= 0.6 is 0 Å². The van der Waals surface area contributed by atoms with Crippen LogP contribution in [-0.2, 0) is 4.74 Å². The fraction of sp³-hybridized carbons (Fsp3) is 1.00. The van der Waals surface area contributed by atoms with E-state index in [4.69, 9.17) is 0 Å². The zero-order chi connectivity index (χ0) is 11.7. The maximum absolute atomic E-state index is 11.7. The van der Waals surface area contributed by atoms with E-state index in [0.717, 1.165) is 19.5 Å². The van der Waals surface area contributed by atoms with Gasteiger partial charge in [-0.25, -0.2) is 0 Å². The molecule has 0 saturated heterocycles. The van der Waals surface area contributed by atoms with Gasteiger partial charge in [0.2, 0.25) is 0 Å². The quantitative estimate of drug-likeness (QED) is 0.630. The SMILES string of the molecule is CNCCCN(C)CCOCC(F)(F)F. The molecule has 0 aliphatic carbocycles. The summed E-state index contributed by atoms with van der Waals surface area (Å²) in [6, 6.07) is 0. The summed E-state index contributed by atoms with van der Waals surface area (Å²) in [5, 5.41) is 3.00. The van der Waals surface area contributed by atoms with Crippen molar-refractivity contribution < 1.29 is 17.9 Å². The number of nitrogens with one attached hydrogen (secondary N) is 1. The number of alkyl halides is 3. The van der Waals surface area contributed by atoms with Crippen molar-refractivity contribution in [2.75, 3.05) is 46.9 Å². The molecule has 0 fully saturated rings. The average Bonchev–Trinajstić information content (AvgIpc) is 2.11. The van der Waals surface area contributed by atoms with Crippen molar-refractivity contribution in [3.8, 4) is 0 Å². The van der Waals surface area contributed by atoms with Crippen molar-refractivity contribution in [1.29, 1.82) is 0 Å². The number of nitrogens with zero attached hydrogens (tertiary/aromatic N) is 1. The van der Waals surface area contributed by atoms with Crippen molar-refractivity contribution in [3.63, 3.8) is 0 Å². The molecule has 0 rings (SSSR count). The Labute approximate surface area is 88.6 Å². The molecule has 0 aromatic carbocycles. The van der Waals surface area contributed by atoms with Crippen LogP contribution in [0.5, 0.6) is 0 Å². The molecule has 0 aromatic heterocycles. The fourth-order valence-electron chi connectivity index (χ4n) is 1.05. The lowest BCUT2D eigenvalue weighted by atomic mass is 10.4. The van der Waals surface area contributed by atoms with E-state index in [1.54, 1.807) is 0 Å². The zero-order valence-electron chi connectivity index (χ0n) is 9.23. The van der Waals surface area contributed by atoms with Crippen LogP contribution in [0.25, 0.3) is 0 Å². The molecule has 1 N–H and O–H groups in total. The Bertz CT molecular complexity index is 153. The van der Waals surface area contributed by atoms with E-state index in [0.29, 0.717) is 6.54 Å². The van der Waals surface area contributed by atoms with Gasteiger partial charge in [-0.1, -0.05) is 0 Å². The van der Waals surface area contributed by atoms with Gasteiger partial charge in [0.25, 0.3) is 0 Å². The van der Waals surface area contributed by atoms with E-state index in [1.807, 2.05) is 19.0 Å². The minimum atomic E-state index is -4.22. The van der Waals surface area contributed by atoms with Crippen LogP contribution in [0.4, 0.5) is 13.2 Å². The molecule has 3 nitrogen and oxygen atoms in total. The van der Waals surface area contributed by atoms with Crippen LogP contribution in [0, 0.1) is 0 Å². The summed E-state index contributed by atoms with van der Waals surface area (Å²) >= 11 is 0. The van der Waals surface area contributed by atoms with Gasteiger partial charge < -0.3 is 15.0 Å². The highest BCUT2D eigenvalue weighted by Crippen LogP contribution is 2.14. The summed E-state index contributed by atoms with van der Waals surface area (Å²) < 4.78 is 39.5. The molecule has 0 aromatic rings. The van der Waals surface area contributed by atoms with Gasteiger partial charge in [0, 0.05) is 6.54 Å². The van der Waals surface area contributed by atoms with Gasteiger partial charge in [-0.15, -0.1) is 0 Å². The molecule has 92 valence electrons. The highest BCUT2D eigenvalue weighted by molar-refractivity contribution is 4.53. The Hall–Kier alpha value is -0.330. The van der Waals surface area contributed by atoms with Gasteiger partial charge in [0.15, 0.2) is 0 Å². The van der Waals surface area contributed by atoms with Crippen molar-refractivity contribution in [1.82, 2.24) is 10.2 Å². The molecule has 0 aliphatic heterocycles. The molecule has 15 heavy (non-hydrogen) atoms. The fourth-order valence-corrected chi connectivity index (χ4v) is 1.05. The first-order valence-electron chi connectivity index (χ1n) is 4.93. The summed E-state index contributed by atoms with van der Waals surface area (Å²) in [5.41, 5.74) is 0. The molecule has 0 bridgehead atoms. The van der Waals surface area contributed by atoms with E-state index >= 15 is 0 Å². The van der Waals surface area contributed by atoms with Crippen LogP contribution in [0.3, 0.4) is 0 Å². The summed E-state index contributed by atoms with van der Waals surface area (Å²) in [4.78, 5) is 1.95. The third kappa shape index (κ3) is 11.6. The second kappa shape index (κ2) is 7.90. The van der Waals surface area contributed by atoms with Crippen molar-refractivity contribution in [2.24, 2.45) is 0 Å². The third-order valence-corrected chi connectivity index (χ3v) is 1.85. The maximum Gasteiger partial charge on any atom is 0.411 e. The number of ether oxygens (including phenoxy) is 1. The average molecular weight is 228 g/mol. The first-order valence-corrected chi connectivity index (χ1v) is 4.93. The first kappa shape index (κ1) is 14.7. The largest absolute Gasteiger partial charge is 0.411 e. The minimum absolute atomic E-state index is 0.121. The Morgan fingerprint density at radius 1 is 1.27 bits per heavy atom. The number of halogens is 3. The molecule has 0 atom stereocenters. The number of hydrogen-bond donors (Lipinski definition) is 1. The molecule has 0 unspecified atom stereocenters. The molecule has 0 heterocycles. The predicted molar refractivity (Wildman–Crippen MR) is 52.9 cm³/mol. The number of hydrogen-bond acceptors (Lipinski definition) is 3.